The molecule has 0 spiro atoms. The summed E-state index contributed by atoms with van der Waals surface area (Å²) in [7, 11) is 1.54. The lowest BCUT2D eigenvalue weighted by Crippen LogP contribution is -2.34. The number of nitrogens with zero attached hydrogens (tertiary/aromatic N) is 4. The average Bonchev–Trinajstić information content (AvgIpc) is 3.22. The molecular formula is C24H32F3N7O2. The Labute approximate surface area is 207 Å². The Bertz CT molecular complexity index is 1180. The minimum Gasteiger partial charge on any atom is -0.496 e. The molecule has 2 aromatic heterocycles. The number of nitrogens with one attached hydrogen (secondary N) is 2. The van der Waals surface area contributed by atoms with Gasteiger partial charge in [-0.05, 0) is 30.9 Å². The molecule has 0 unspecified atom stereocenters. The lowest BCUT2D eigenvalue weighted by atomic mass is 10.1. The van der Waals surface area contributed by atoms with Crippen LogP contribution in [0.15, 0.2) is 18.2 Å². The van der Waals surface area contributed by atoms with Crippen LogP contribution in [0.25, 0.3) is 11.0 Å². The van der Waals surface area contributed by atoms with Gasteiger partial charge in [-0.1, -0.05) is 25.5 Å². The standard InChI is InChI=1S/C24H32F3N7O2/c1-3-4-9-29-22-20-19(31-23(28)32-22)21(24(25,26)27)33-34(20)14-16-6-5-15(12-18(16)35-2)13-30-17-7-10-36-11-8-17/h5-6,12,17,30H,3-4,7-11,13-14H2,1-2H3,(H3,28,29,31,32). The third-order valence-electron chi connectivity index (χ3n) is 6.18. The molecule has 36 heavy (non-hydrogen) atoms. The highest BCUT2D eigenvalue weighted by atomic mass is 19.4. The molecule has 1 aromatic carbocycles. The monoisotopic (exact) mass is 507 g/mol. The summed E-state index contributed by atoms with van der Waals surface area (Å²) in [5, 5.41) is 10.5. The van der Waals surface area contributed by atoms with Gasteiger partial charge in [0.2, 0.25) is 5.95 Å². The van der Waals surface area contributed by atoms with E-state index in [-0.39, 0.29) is 29.3 Å². The van der Waals surface area contributed by atoms with Gasteiger partial charge in [-0.25, -0.2) is 4.98 Å². The summed E-state index contributed by atoms with van der Waals surface area (Å²) in [6.45, 7) is 4.76. The van der Waals surface area contributed by atoms with Crippen molar-refractivity contribution >= 4 is 22.8 Å². The Balaban J connectivity index is 1.65. The van der Waals surface area contributed by atoms with Crippen molar-refractivity contribution in [2.75, 3.05) is 37.9 Å². The van der Waals surface area contributed by atoms with E-state index in [4.69, 9.17) is 15.2 Å². The summed E-state index contributed by atoms with van der Waals surface area (Å²) in [6.07, 6.45) is -1.04. The highest BCUT2D eigenvalue weighted by Crippen LogP contribution is 2.36. The molecule has 196 valence electrons. The van der Waals surface area contributed by atoms with Crippen molar-refractivity contribution in [3.05, 3.63) is 35.0 Å². The van der Waals surface area contributed by atoms with Gasteiger partial charge in [0.05, 0.1) is 13.7 Å². The van der Waals surface area contributed by atoms with E-state index >= 15 is 0 Å². The van der Waals surface area contributed by atoms with Crippen molar-refractivity contribution in [1.82, 2.24) is 25.1 Å². The Morgan fingerprint density at radius 2 is 2.00 bits per heavy atom. The minimum absolute atomic E-state index is 0.0408. The molecule has 0 aliphatic carbocycles. The van der Waals surface area contributed by atoms with Crippen LogP contribution in [0.5, 0.6) is 5.75 Å². The summed E-state index contributed by atoms with van der Waals surface area (Å²) in [5.74, 6) is 0.547. The fraction of sp³-hybridized carbons (Fsp3) is 0.542. The van der Waals surface area contributed by atoms with Crippen molar-refractivity contribution in [1.29, 1.82) is 0 Å². The van der Waals surface area contributed by atoms with E-state index in [1.54, 1.807) is 7.11 Å². The van der Waals surface area contributed by atoms with Gasteiger partial charge >= 0.3 is 6.18 Å². The molecular weight excluding hydrogens is 475 g/mol. The van der Waals surface area contributed by atoms with Crippen LogP contribution in [0, 0.1) is 0 Å². The van der Waals surface area contributed by atoms with Gasteiger partial charge in [-0.3, -0.25) is 4.68 Å². The summed E-state index contributed by atoms with van der Waals surface area (Å²) in [4.78, 5) is 8.07. The molecule has 0 radical (unpaired) electrons. The number of ether oxygens (including phenoxy) is 2. The SMILES string of the molecule is CCCCNc1nc(N)nc2c(C(F)(F)F)nn(Cc3ccc(CNC4CCOCC4)cc3OC)c12. The zero-order chi connectivity index (χ0) is 25.7. The third-order valence-corrected chi connectivity index (χ3v) is 6.18. The number of alkyl halides is 3. The number of anilines is 2. The molecule has 9 nitrogen and oxygen atoms in total. The van der Waals surface area contributed by atoms with Crippen LogP contribution in [0.2, 0.25) is 0 Å². The van der Waals surface area contributed by atoms with Crippen molar-refractivity contribution in [3.63, 3.8) is 0 Å². The number of hydrogen-bond acceptors (Lipinski definition) is 8. The summed E-state index contributed by atoms with van der Waals surface area (Å²) in [6, 6.07) is 6.08. The van der Waals surface area contributed by atoms with E-state index in [0.29, 0.717) is 30.4 Å². The normalized spacial score (nSPS) is 14.9. The van der Waals surface area contributed by atoms with Crippen LogP contribution in [-0.2, 0) is 24.0 Å². The number of fused-ring (bicyclic) bond motifs is 1. The number of unbranched alkanes of at least 4 members (excludes halogenated alkanes) is 1. The molecule has 1 fully saturated rings. The Morgan fingerprint density at radius 1 is 1.22 bits per heavy atom. The lowest BCUT2D eigenvalue weighted by Gasteiger charge is -2.23. The second-order valence-electron chi connectivity index (χ2n) is 8.83. The molecule has 1 aliphatic rings. The number of nitrogens with two attached hydrogens (primary N) is 1. The number of halogens is 3. The highest BCUT2D eigenvalue weighted by Gasteiger charge is 2.39. The van der Waals surface area contributed by atoms with Gasteiger partial charge in [0.15, 0.2) is 11.5 Å². The quantitative estimate of drug-likeness (QED) is 0.354. The van der Waals surface area contributed by atoms with E-state index in [0.717, 1.165) is 44.5 Å². The van der Waals surface area contributed by atoms with Crippen molar-refractivity contribution in [2.45, 2.75) is 57.9 Å². The maximum absolute atomic E-state index is 13.8. The van der Waals surface area contributed by atoms with Crippen molar-refractivity contribution < 1.29 is 22.6 Å². The van der Waals surface area contributed by atoms with Gasteiger partial charge in [0, 0.05) is 37.9 Å². The van der Waals surface area contributed by atoms with Gasteiger partial charge in [0.1, 0.15) is 16.8 Å². The first kappa shape index (κ1) is 26.0. The van der Waals surface area contributed by atoms with E-state index in [1.165, 1.54) is 4.68 Å². The number of methoxy groups -OCH3 is 1. The Morgan fingerprint density at radius 3 is 2.69 bits per heavy atom. The third kappa shape index (κ3) is 5.98. The van der Waals surface area contributed by atoms with Crippen LogP contribution in [0.3, 0.4) is 0 Å². The average molecular weight is 508 g/mol. The number of hydrogen-bond donors (Lipinski definition) is 3. The lowest BCUT2D eigenvalue weighted by molar-refractivity contribution is -0.140. The topological polar surface area (TPSA) is 112 Å². The van der Waals surface area contributed by atoms with Crippen LogP contribution < -0.4 is 21.1 Å². The fourth-order valence-electron chi connectivity index (χ4n) is 4.27. The van der Waals surface area contributed by atoms with Gasteiger partial charge < -0.3 is 25.8 Å². The van der Waals surface area contributed by atoms with E-state index in [9.17, 15) is 13.2 Å². The zero-order valence-electron chi connectivity index (χ0n) is 20.5. The fourth-order valence-corrected chi connectivity index (χ4v) is 4.27. The van der Waals surface area contributed by atoms with E-state index in [2.05, 4.69) is 25.7 Å². The molecule has 0 bridgehead atoms. The number of nitrogen functional groups attached to an aromatic ring is 1. The molecule has 0 saturated carbocycles. The first-order valence-electron chi connectivity index (χ1n) is 12.1. The molecule has 0 atom stereocenters. The second-order valence-corrected chi connectivity index (χ2v) is 8.83. The number of aromatic nitrogens is 4. The maximum atomic E-state index is 13.8. The maximum Gasteiger partial charge on any atom is 0.437 e. The molecule has 3 aromatic rings. The van der Waals surface area contributed by atoms with Crippen LogP contribution >= 0.6 is 0 Å². The molecule has 3 heterocycles. The van der Waals surface area contributed by atoms with Gasteiger partial charge in [-0.2, -0.15) is 23.3 Å². The summed E-state index contributed by atoms with van der Waals surface area (Å²) < 4.78 is 53.8. The predicted octanol–water partition coefficient (Wildman–Crippen LogP) is 3.96. The minimum atomic E-state index is -4.70. The first-order valence-corrected chi connectivity index (χ1v) is 12.1. The second kappa shape index (κ2) is 11.3. The van der Waals surface area contributed by atoms with Crippen molar-refractivity contribution in [2.24, 2.45) is 0 Å². The van der Waals surface area contributed by atoms with Crippen molar-refractivity contribution in [3.8, 4) is 5.75 Å². The molecule has 4 N–H and O–H groups in total. The smallest absolute Gasteiger partial charge is 0.437 e. The zero-order valence-corrected chi connectivity index (χ0v) is 20.5. The van der Waals surface area contributed by atoms with Gasteiger partial charge in [0.25, 0.3) is 0 Å². The molecule has 4 rings (SSSR count). The van der Waals surface area contributed by atoms with Crippen LogP contribution in [0.4, 0.5) is 24.9 Å². The predicted molar refractivity (Wildman–Crippen MR) is 131 cm³/mol. The van der Waals surface area contributed by atoms with Crippen LogP contribution in [0.1, 0.15) is 49.4 Å². The Hall–Kier alpha value is -3.12. The molecule has 1 aliphatic heterocycles. The van der Waals surface area contributed by atoms with Crippen LogP contribution in [-0.4, -0.2) is 52.7 Å². The number of rotatable bonds is 10. The van der Waals surface area contributed by atoms with Gasteiger partial charge in [-0.15, -0.1) is 0 Å². The van der Waals surface area contributed by atoms with E-state index in [1.807, 2.05) is 25.1 Å². The number of benzene rings is 1. The summed E-state index contributed by atoms with van der Waals surface area (Å²) >= 11 is 0. The largest absolute Gasteiger partial charge is 0.496 e. The molecule has 0 amide bonds. The first-order chi connectivity index (χ1) is 17.3. The highest BCUT2D eigenvalue weighted by molar-refractivity contribution is 5.89. The Kier molecular flexibility index (Phi) is 8.14. The molecule has 12 heteroatoms. The van der Waals surface area contributed by atoms with E-state index < -0.39 is 11.9 Å². The summed E-state index contributed by atoms with van der Waals surface area (Å²) in [5.41, 5.74) is 6.17. The molecule has 1 saturated heterocycles.